The number of piperidine rings is 1. The van der Waals surface area contributed by atoms with E-state index in [2.05, 4.69) is 11.0 Å². The summed E-state index contributed by atoms with van der Waals surface area (Å²) < 4.78 is 17.7. The van der Waals surface area contributed by atoms with Gasteiger partial charge in [-0.2, -0.15) is 0 Å². The summed E-state index contributed by atoms with van der Waals surface area (Å²) in [5, 5.41) is 1.02. The number of hydrogen-bond donors (Lipinski definition) is 0. The maximum absolute atomic E-state index is 13.4. The molecule has 2 atom stereocenters. The molecule has 0 aromatic heterocycles. The smallest absolute Gasteiger partial charge is 0.223 e. The number of carbonyl (C=O) groups excluding carboxylic acids is 1. The van der Waals surface area contributed by atoms with Crippen LogP contribution in [0.15, 0.2) is 71.6 Å². The molecule has 3 aromatic rings. The van der Waals surface area contributed by atoms with Crippen molar-refractivity contribution in [1.82, 2.24) is 9.80 Å². The molecule has 0 spiro atoms. The minimum absolute atomic E-state index is 0.0170. The molecule has 214 valence electrons. The molecule has 0 N–H and O–H groups in total. The van der Waals surface area contributed by atoms with Crippen molar-refractivity contribution < 1.29 is 13.7 Å². The summed E-state index contributed by atoms with van der Waals surface area (Å²) in [5.74, 6) is 1.29. The van der Waals surface area contributed by atoms with Crippen LogP contribution in [0.5, 0.6) is 5.75 Å². The first-order valence-electron chi connectivity index (χ1n) is 13.7. The third kappa shape index (κ3) is 7.88. The van der Waals surface area contributed by atoms with Crippen molar-refractivity contribution in [2.75, 3.05) is 40.0 Å². The molecule has 1 aliphatic rings. The zero-order valence-electron chi connectivity index (χ0n) is 23.4. The van der Waals surface area contributed by atoms with E-state index in [-0.39, 0.29) is 11.8 Å². The van der Waals surface area contributed by atoms with Gasteiger partial charge in [-0.3, -0.25) is 9.00 Å². The van der Waals surface area contributed by atoms with Crippen molar-refractivity contribution in [3.05, 3.63) is 93.5 Å². The van der Waals surface area contributed by atoms with E-state index < -0.39 is 10.8 Å². The fraction of sp³-hybridized carbons (Fsp3) is 0.406. The lowest BCUT2D eigenvalue weighted by Gasteiger charge is -2.34. The van der Waals surface area contributed by atoms with Gasteiger partial charge in [0.05, 0.1) is 28.0 Å². The Hall–Kier alpha value is -2.38. The van der Waals surface area contributed by atoms with Crippen LogP contribution >= 0.6 is 23.2 Å². The van der Waals surface area contributed by atoms with Gasteiger partial charge in [-0.25, -0.2) is 0 Å². The third-order valence-corrected chi connectivity index (χ3v) is 9.64. The van der Waals surface area contributed by atoms with Crippen molar-refractivity contribution in [2.24, 2.45) is 0 Å². The summed E-state index contributed by atoms with van der Waals surface area (Å²) in [4.78, 5) is 18.6. The monoisotopic (exact) mass is 600 g/mol. The first-order chi connectivity index (χ1) is 19.3. The van der Waals surface area contributed by atoms with Crippen LogP contribution in [0.25, 0.3) is 0 Å². The Morgan fingerprint density at radius 1 is 1.05 bits per heavy atom. The summed E-state index contributed by atoms with van der Waals surface area (Å²) in [6, 6.07) is 21.6. The second-order valence-electron chi connectivity index (χ2n) is 10.5. The number of para-hydroxylation sites is 1. The van der Waals surface area contributed by atoms with E-state index in [0.717, 1.165) is 60.7 Å². The molecule has 0 aliphatic carbocycles. The zero-order chi connectivity index (χ0) is 28.6. The predicted octanol–water partition coefficient (Wildman–Crippen LogP) is 7.14. The van der Waals surface area contributed by atoms with Gasteiger partial charge in [0.15, 0.2) is 0 Å². The number of halogens is 2. The van der Waals surface area contributed by atoms with Crippen molar-refractivity contribution in [3.63, 3.8) is 0 Å². The maximum atomic E-state index is 13.4. The number of rotatable bonds is 11. The maximum Gasteiger partial charge on any atom is 0.223 e. The van der Waals surface area contributed by atoms with Crippen LogP contribution in [0.2, 0.25) is 10.0 Å². The molecular weight excluding hydrogens is 563 g/mol. The van der Waals surface area contributed by atoms with Gasteiger partial charge in [0, 0.05) is 36.7 Å². The Labute approximate surface area is 250 Å². The standard InChI is InChI=1S/C32H38Cl2N2O3S/c1-35(22-26-8-4-6-10-30(26)39-2)32(37)21-25(24-12-13-28(33)29(34)20-24)16-19-36-17-14-23(15-18-36)27-9-5-7-11-31(27)40(3)38/h4-13,20,23,25H,14-19,21-22H2,1-3H3. The van der Waals surface area contributed by atoms with E-state index in [4.69, 9.17) is 27.9 Å². The van der Waals surface area contributed by atoms with Crippen LogP contribution in [0.3, 0.4) is 0 Å². The number of nitrogens with zero attached hydrogens (tertiary/aromatic N) is 2. The van der Waals surface area contributed by atoms with Crippen LogP contribution in [0.4, 0.5) is 0 Å². The topological polar surface area (TPSA) is 49.9 Å². The first-order valence-corrected chi connectivity index (χ1v) is 16.0. The van der Waals surface area contributed by atoms with E-state index in [0.29, 0.717) is 28.9 Å². The van der Waals surface area contributed by atoms with E-state index >= 15 is 0 Å². The molecular formula is C32H38Cl2N2O3S. The summed E-state index contributed by atoms with van der Waals surface area (Å²) in [5.41, 5.74) is 3.23. The van der Waals surface area contributed by atoms with Crippen LogP contribution in [0, 0.1) is 0 Å². The van der Waals surface area contributed by atoms with Crippen molar-refractivity contribution in [3.8, 4) is 5.75 Å². The number of benzene rings is 3. The lowest BCUT2D eigenvalue weighted by molar-refractivity contribution is -0.130. The number of methoxy groups -OCH3 is 1. The summed E-state index contributed by atoms with van der Waals surface area (Å²) in [7, 11) is 2.50. The fourth-order valence-corrected chi connectivity index (χ4v) is 6.73. The van der Waals surface area contributed by atoms with E-state index in [9.17, 15) is 9.00 Å². The Kier molecular flexibility index (Phi) is 11.1. The summed E-state index contributed by atoms with van der Waals surface area (Å²) >= 11 is 12.6. The van der Waals surface area contributed by atoms with Gasteiger partial charge in [-0.1, -0.05) is 65.7 Å². The fourth-order valence-electron chi connectivity index (χ4n) is 5.58. The van der Waals surface area contributed by atoms with Crippen LogP contribution in [0.1, 0.15) is 54.2 Å². The average molecular weight is 602 g/mol. The SMILES string of the molecule is COc1ccccc1CN(C)C(=O)CC(CCN1CCC(c2ccccc2S(C)=O)CC1)c1ccc(Cl)c(Cl)c1. The van der Waals surface area contributed by atoms with Gasteiger partial charge < -0.3 is 14.5 Å². The molecule has 1 fully saturated rings. The molecule has 2 unspecified atom stereocenters. The summed E-state index contributed by atoms with van der Waals surface area (Å²) in [6.45, 7) is 3.33. The van der Waals surface area contributed by atoms with E-state index in [1.807, 2.05) is 67.7 Å². The predicted molar refractivity (Wildman–Crippen MR) is 165 cm³/mol. The summed E-state index contributed by atoms with van der Waals surface area (Å²) in [6.07, 6.45) is 5.05. The Morgan fingerprint density at radius 3 is 2.45 bits per heavy atom. The zero-order valence-corrected chi connectivity index (χ0v) is 25.8. The van der Waals surface area contributed by atoms with Crippen molar-refractivity contribution >= 4 is 39.9 Å². The second kappa shape index (κ2) is 14.5. The third-order valence-electron chi connectivity index (χ3n) is 7.91. The van der Waals surface area contributed by atoms with Gasteiger partial charge in [0.25, 0.3) is 0 Å². The quantitative estimate of drug-likeness (QED) is 0.235. The van der Waals surface area contributed by atoms with Gasteiger partial charge in [0.2, 0.25) is 5.91 Å². The van der Waals surface area contributed by atoms with Gasteiger partial charge >= 0.3 is 0 Å². The normalized spacial score (nSPS) is 15.9. The van der Waals surface area contributed by atoms with Crippen molar-refractivity contribution in [2.45, 2.75) is 49.0 Å². The molecule has 0 bridgehead atoms. The molecule has 1 heterocycles. The Morgan fingerprint density at radius 2 is 1.75 bits per heavy atom. The number of likely N-dealkylation sites (tertiary alicyclic amines) is 1. The molecule has 0 radical (unpaired) electrons. The van der Waals surface area contributed by atoms with Gasteiger partial charge in [-0.05, 0) is 86.1 Å². The molecule has 0 saturated carbocycles. The van der Waals surface area contributed by atoms with Crippen LogP contribution in [-0.4, -0.2) is 60.0 Å². The van der Waals surface area contributed by atoms with Crippen molar-refractivity contribution in [1.29, 1.82) is 0 Å². The highest BCUT2D eigenvalue weighted by molar-refractivity contribution is 7.84. The number of carbonyl (C=O) groups is 1. The average Bonchev–Trinajstić information content (AvgIpc) is 2.97. The molecule has 4 rings (SSSR count). The van der Waals surface area contributed by atoms with Crippen LogP contribution < -0.4 is 4.74 Å². The largest absolute Gasteiger partial charge is 0.496 e. The minimum atomic E-state index is -0.987. The number of ether oxygens (including phenoxy) is 1. The number of hydrogen-bond acceptors (Lipinski definition) is 4. The Bertz CT molecular complexity index is 1330. The molecule has 5 nitrogen and oxygen atoms in total. The first kappa shape index (κ1) is 30.6. The highest BCUT2D eigenvalue weighted by Crippen LogP contribution is 2.34. The van der Waals surface area contributed by atoms with E-state index in [1.165, 1.54) is 5.56 Å². The molecule has 40 heavy (non-hydrogen) atoms. The molecule has 1 aliphatic heterocycles. The van der Waals surface area contributed by atoms with E-state index in [1.54, 1.807) is 18.3 Å². The van der Waals surface area contributed by atoms with Gasteiger partial charge in [0.1, 0.15) is 5.75 Å². The second-order valence-corrected chi connectivity index (χ2v) is 12.7. The van der Waals surface area contributed by atoms with Gasteiger partial charge in [-0.15, -0.1) is 0 Å². The molecule has 1 amide bonds. The minimum Gasteiger partial charge on any atom is -0.496 e. The lowest BCUT2D eigenvalue weighted by Crippen LogP contribution is -2.35. The lowest BCUT2D eigenvalue weighted by atomic mass is 9.88. The highest BCUT2D eigenvalue weighted by atomic mass is 35.5. The molecule has 8 heteroatoms. The molecule has 1 saturated heterocycles. The highest BCUT2D eigenvalue weighted by Gasteiger charge is 2.25. The number of amides is 1. The van der Waals surface area contributed by atoms with Crippen LogP contribution in [-0.2, 0) is 22.1 Å². The molecule has 3 aromatic carbocycles. The Balaban J connectivity index is 1.40.